The van der Waals surface area contributed by atoms with E-state index in [-0.39, 0.29) is 0 Å². The van der Waals surface area contributed by atoms with Gasteiger partial charge in [0.1, 0.15) is 17.5 Å². The van der Waals surface area contributed by atoms with E-state index in [1.54, 1.807) is 11.3 Å². The van der Waals surface area contributed by atoms with Crippen LogP contribution in [0.3, 0.4) is 0 Å². The van der Waals surface area contributed by atoms with E-state index in [0.29, 0.717) is 0 Å². The highest BCUT2D eigenvalue weighted by molar-refractivity contribution is 7.09. The summed E-state index contributed by atoms with van der Waals surface area (Å²) < 4.78 is 0. The van der Waals surface area contributed by atoms with Gasteiger partial charge in [0, 0.05) is 23.9 Å². The van der Waals surface area contributed by atoms with Gasteiger partial charge < -0.3 is 10.6 Å². The number of thiazole rings is 1. The van der Waals surface area contributed by atoms with Crippen molar-refractivity contribution >= 4 is 23.0 Å². The molecule has 0 unspecified atom stereocenters. The fraction of sp³-hybridized carbons (Fsp3) is 0.533. The summed E-state index contributed by atoms with van der Waals surface area (Å²) in [6.07, 6.45) is 3.02. The van der Waals surface area contributed by atoms with E-state index in [1.165, 1.54) is 4.88 Å². The topological polar surface area (TPSA) is 62.7 Å². The fourth-order valence-corrected chi connectivity index (χ4v) is 2.65. The number of rotatable bonds is 8. The number of nitrogens with zero attached hydrogens (tertiary/aromatic N) is 3. The van der Waals surface area contributed by atoms with Gasteiger partial charge in [0.25, 0.3) is 0 Å². The molecule has 2 aromatic heterocycles. The number of hydrogen-bond acceptors (Lipinski definition) is 6. The molecule has 0 aliphatic carbocycles. The van der Waals surface area contributed by atoms with Crippen molar-refractivity contribution in [3.63, 3.8) is 0 Å². The zero-order chi connectivity index (χ0) is 15.1. The zero-order valence-electron chi connectivity index (χ0n) is 12.9. The van der Waals surface area contributed by atoms with E-state index < -0.39 is 0 Å². The molecule has 114 valence electrons. The number of aryl methyl sites for hydroxylation is 2. The maximum Gasteiger partial charge on any atom is 0.133 e. The van der Waals surface area contributed by atoms with Crippen molar-refractivity contribution in [2.24, 2.45) is 0 Å². The van der Waals surface area contributed by atoms with Crippen molar-refractivity contribution < 1.29 is 0 Å². The first-order valence-corrected chi connectivity index (χ1v) is 8.35. The highest BCUT2D eigenvalue weighted by atomic mass is 32.1. The Kier molecular flexibility index (Phi) is 5.92. The third kappa shape index (κ3) is 4.67. The first-order valence-electron chi connectivity index (χ1n) is 7.47. The van der Waals surface area contributed by atoms with E-state index in [2.05, 4.69) is 39.4 Å². The van der Waals surface area contributed by atoms with Crippen LogP contribution in [-0.4, -0.2) is 21.5 Å². The van der Waals surface area contributed by atoms with Crippen LogP contribution in [0.15, 0.2) is 11.6 Å². The zero-order valence-corrected chi connectivity index (χ0v) is 13.8. The van der Waals surface area contributed by atoms with E-state index in [0.717, 1.165) is 55.5 Å². The highest BCUT2D eigenvalue weighted by Crippen LogP contribution is 2.17. The third-order valence-corrected chi connectivity index (χ3v) is 4.01. The molecule has 0 aliphatic heterocycles. The summed E-state index contributed by atoms with van der Waals surface area (Å²) in [5.74, 6) is 2.67. The summed E-state index contributed by atoms with van der Waals surface area (Å²) in [5, 5.41) is 6.72. The molecule has 0 amide bonds. The van der Waals surface area contributed by atoms with Gasteiger partial charge in [-0.2, -0.15) is 0 Å². The second-order valence-electron chi connectivity index (χ2n) is 4.95. The Balaban J connectivity index is 2.09. The lowest BCUT2D eigenvalue weighted by Gasteiger charge is -2.10. The molecule has 0 saturated carbocycles. The van der Waals surface area contributed by atoms with Gasteiger partial charge in [-0.3, -0.25) is 0 Å². The molecule has 6 heteroatoms. The van der Waals surface area contributed by atoms with E-state index >= 15 is 0 Å². The van der Waals surface area contributed by atoms with Gasteiger partial charge in [0.15, 0.2) is 0 Å². The Morgan fingerprint density at radius 2 is 1.86 bits per heavy atom. The summed E-state index contributed by atoms with van der Waals surface area (Å²) >= 11 is 1.67. The molecule has 0 spiro atoms. The minimum absolute atomic E-state index is 0.756. The van der Waals surface area contributed by atoms with Crippen LogP contribution in [0.5, 0.6) is 0 Å². The van der Waals surface area contributed by atoms with Gasteiger partial charge in [-0.25, -0.2) is 15.0 Å². The lowest BCUT2D eigenvalue weighted by molar-refractivity contribution is 0.831. The Labute approximate surface area is 130 Å². The second-order valence-corrected chi connectivity index (χ2v) is 5.89. The van der Waals surface area contributed by atoms with Crippen molar-refractivity contribution in [1.29, 1.82) is 0 Å². The van der Waals surface area contributed by atoms with Crippen LogP contribution in [0.4, 0.5) is 11.6 Å². The number of nitrogens with one attached hydrogen (secondary N) is 2. The molecule has 0 bridgehead atoms. The lowest BCUT2D eigenvalue weighted by atomic mass is 10.3. The normalized spacial score (nSPS) is 10.6. The van der Waals surface area contributed by atoms with E-state index in [4.69, 9.17) is 0 Å². The Hall–Kier alpha value is -1.69. The maximum atomic E-state index is 4.58. The Morgan fingerprint density at radius 3 is 2.48 bits per heavy atom. The monoisotopic (exact) mass is 305 g/mol. The smallest absolute Gasteiger partial charge is 0.133 e. The Bertz CT molecular complexity index is 567. The van der Waals surface area contributed by atoms with Gasteiger partial charge in [0.2, 0.25) is 0 Å². The van der Waals surface area contributed by atoms with Crippen LogP contribution in [0, 0.1) is 6.92 Å². The molecular weight excluding hydrogens is 282 g/mol. The minimum Gasteiger partial charge on any atom is -0.370 e. The van der Waals surface area contributed by atoms with Crippen LogP contribution >= 0.6 is 11.3 Å². The molecule has 0 aromatic carbocycles. The average Bonchev–Trinajstić information content (AvgIpc) is 2.88. The molecular formula is C15H23N5S. The standard InChI is InChI=1S/C15H23N5S/c1-4-6-13-19-14(16-7-5-2)8-15(20-13)17-9-12-11(3)18-10-21-12/h8,10H,4-7,9H2,1-3H3,(H2,16,17,19,20). The summed E-state index contributed by atoms with van der Waals surface area (Å²) in [4.78, 5) is 14.6. The molecule has 0 aliphatic rings. The number of anilines is 2. The highest BCUT2D eigenvalue weighted by Gasteiger charge is 2.06. The average molecular weight is 305 g/mol. The largest absolute Gasteiger partial charge is 0.370 e. The minimum atomic E-state index is 0.756. The van der Waals surface area contributed by atoms with Gasteiger partial charge in [-0.1, -0.05) is 13.8 Å². The van der Waals surface area contributed by atoms with Gasteiger partial charge in [-0.05, 0) is 19.8 Å². The quantitative estimate of drug-likeness (QED) is 0.780. The molecule has 2 heterocycles. The van der Waals surface area contributed by atoms with Crippen LogP contribution in [0.2, 0.25) is 0 Å². The van der Waals surface area contributed by atoms with Crippen LogP contribution in [0.25, 0.3) is 0 Å². The van der Waals surface area contributed by atoms with Crippen LogP contribution in [0.1, 0.15) is 43.1 Å². The van der Waals surface area contributed by atoms with E-state index in [1.807, 2.05) is 18.5 Å². The lowest BCUT2D eigenvalue weighted by Crippen LogP contribution is -2.09. The summed E-state index contributed by atoms with van der Waals surface area (Å²) in [6, 6.07) is 1.98. The third-order valence-electron chi connectivity index (χ3n) is 3.08. The van der Waals surface area contributed by atoms with Crippen LogP contribution < -0.4 is 10.6 Å². The predicted molar refractivity (Wildman–Crippen MR) is 89.0 cm³/mol. The van der Waals surface area contributed by atoms with E-state index in [9.17, 15) is 0 Å². The molecule has 2 rings (SSSR count). The first-order chi connectivity index (χ1) is 10.2. The fourth-order valence-electron chi connectivity index (χ4n) is 1.93. The Morgan fingerprint density at radius 1 is 1.10 bits per heavy atom. The van der Waals surface area contributed by atoms with Crippen molar-refractivity contribution in [2.45, 2.75) is 46.6 Å². The predicted octanol–water partition coefficient (Wildman–Crippen LogP) is 3.63. The molecule has 2 N–H and O–H groups in total. The molecule has 5 nitrogen and oxygen atoms in total. The van der Waals surface area contributed by atoms with Gasteiger partial charge in [-0.15, -0.1) is 11.3 Å². The van der Waals surface area contributed by atoms with Crippen LogP contribution in [-0.2, 0) is 13.0 Å². The molecule has 21 heavy (non-hydrogen) atoms. The number of hydrogen-bond donors (Lipinski definition) is 2. The number of aromatic nitrogens is 3. The maximum absolute atomic E-state index is 4.58. The molecule has 2 aromatic rings. The molecule has 0 radical (unpaired) electrons. The summed E-state index contributed by atoms with van der Waals surface area (Å²) in [5.41, 5.74) is 2.96. The van der Waals surface area contributed by atoms with Gasteiger partial charge in [0.05, 0.1) is 17.7 Å². The van der Waals surface area contributed by atoms with Crippen molar-refractivity contribution in [3.05, 3.63) is 28.0 Å². The second kappa shape index (κ2) is 7.93. The molecule has 0 fully saturated rings. The van der Waals surface area contributed by atoms with Crippen molar-refractivity contribution in [2.75, 3.05) is 17.2 Å². The molecule has 0 saturated heterocycles. The summed E-state index contributed by atoms with van der Waals surface area (Å²) in [7, 11) is 0. The van der Waals surface area contributed by atoms with Gasteiger partial charge >= 0.3 is 0 Å². The SMILES string of the molecule is CCCNc1cc(NCc2scnc2C)nc(CCC)n1. The van der Waals surface area contributed by atoms with Crippen molar-refractivity contribution in [1.82, 2.24) is 15.0 Å². The van der Waals surface area contributed by atoms with Crippen molar-refractivity contribution in [3.8, 4) is 0 Å². The molecule has 0 atom stereocenters. The first kappa shape index (κ1) is 15.7. The summed E-state index contributed by atoms with van der Waals surface area (Å²) in [6.45, 7) is 8.00.